The van der Waals surface area contributed by atoms with Gasteiger partial charge in [0.25, 0.3) is 0 Å². The number of hydrogen-bond acceptors (Lipinski definition) is 5. The second-order valence-corrected chi connectivity index (χ2v) is 19.5. The van der Waals surface area contributed by atoms with Crippen LogP contribution in [0.2, 0.25) is 0 Å². The van der Waals surface area contributed by atoms with E-state index in [-0.39, 0.29) is 36.0 Å². The number of hydrogen-bond donors (Lipinski definition) is 0. The molecule has 2 unspecified atom stereocenters. The SMILES string of the molecule is CCCCCCCC/C=C\C/C=C\CCCCCCCCC(CCCCCCCC/C=C\C/C=C\CCCCCCCC)OC(=O)CC1CCC(OC(=O)C2CCN(C)CC2)C1. The van der Waals surface area contributed by atoms with Crippen molar-refractivity contribution < 1.29 is 19.1 Å². The van der Waals surface area contributed by atoms with Crippen molar-refractivity contribution in [2.24, 2.45) is 11.8 Å². The lowest BCUT2D eigenvalue weighted by Crippen LogP contribution is -2.35. The van der Waals surface area contributed by atoms with Crippen LogP contribution in [0.25, 0.3) is 0 Å². The van der Waals surface area contributed by atoms with Gasteiger partial charge in [-0.05, 0) is 148 Å². The molecule has 1 saturated heterocycles. The number of carbonyl (C=O) groups excluding carboxylic acids is 2. The van der Waals surface area contributed by atoms with Crippen LogP contribution in [0.1, 0.15) is 258 Å². The predicted octanol–water partition coefficient (Wildman–Crippen LogP) is 17.1. The van der Waals surface area contributed by atoms with Gasteiger partial charge in [0.15, 0.2) is 0 Å². The van der Waals surface area contributed by atoms with Crippen molar-refractivity contribution in [2.75, 3.05) is 20.1 Å². The fraction of sp³-hybridized carbons (Fsp3) is 0.825. The number of unbranched alkanes of at least 4 members (excludes halogenated alkanes) is 24. The molecule has 0 spiro atoms. The zero-order chi connectivity index (χ0) is 44.4. The van der Waals surface area contributed by atoms with Gasteiger partial charge in [-0.1, -0.05) is 178 Å². The molecule has 2 atom stereocenters. The van der Waals surface area contributed by atoms with Gasteiger partial charge in [0.05, 0.1) is 5.92 Å². The summed E-state index contributed by atoms with van der Waals surface area (Å²) in [7, 11) is 2.12. The Balaban J connectivity index is 1.60. The van der Waals surface area contributed by atoms with Crippen molar-refractivity contribution in [1.29, 1.82) is 0 Å². The highest BCUT2D eigenvalue weighted by atomic mass is 16.5. The van der Waals surface area contributed by atoms with Crippen LogP contribution in [-0.2, 0) is 19.1 Å². The summed E-state index contributed by atoms with van der Waals surface area (Å²) < 4.78 is 12.2. The first kappa shape index (κ1) is 56.0. The molecule has 0 N–H and O–H groups in total. The molecule has 62 heavy (non-hydrogen) atoms. The number of esters is 2. The Bertz CT molecular complexity index is 1100. The third kappa shape index (κ3) is 33.4. The smallest absolute Gasteiger partial charge is 0.309 e. The molecule has 5 nitrogen and oxygen atoms in total. The number of allylic oxidation sites excluding steroid dienone is 8. The molecule has 2 rings (SSSR count). The minimum atomic E-state index is -0.0370. The first-order valence-corrected chi connectivity index (χ1v) is 27.2. The maximum absolute atomic E-state index is 13.3. The van der Waals surface area contributed by atoms with E-state index < -0.39 is 0 Å². The summed E-state index contributed by atoms with van der Waals surface area (Å²) in [6.07, 6.45) is 64.3. The van der Waals surface area contributed by atoms with E-state index in [2.05, 4.69) is 74.4 Å². The molecular formula is C57H101NO4. The molecule has 1 heterocycles. The molecule has 0 bridgehead atoms. The van der Waals surface area contributed by atoms with Crippen LogP contribution in [0.15, 0.2) is 48.6 Å². The molecule has 1 aliphatic carbocycles. The first-order valence-electron chi connectivity index (χ1n) is 27.2. The van der Waals surface area contributed by atoms with Crippen LogP contribution in [-0.4, -0.2) is 49.2 Å². The van der Waals surface area contributed by atoms with Gasteiger partial charge >= 0.3 is 11.9 Å². The molecule has 2 fully saturated rings. The number of carbonyl (C=O) groups is 2. The minimum absolute atomic E-state index is 0.0189. The van der Waals surface area contributed by atoms with Gasteiger partial charge in [-0.3, -0.25) is 9.59 Å². The summed E-state index contributed by atoms with van der Waals surface area (Å²) in [6, 6.07) is 0. The Morgan fingerprint density at radius 1 is 0.516 bits per heavy atom. The minimum Gasteiger partial charge on any atom is -0.462 e. The fourth-order valence-electron chi connectivity index (χ4n) is 9.34. The zero-order valence-corrected chi connectivity index (χ0v) is 41.3. The summed E-state index contributed by atoms with van der Waals surface area (Å²) in [4.78, 5) is 28.4. The van der Waals surface area contributed by atoms with Gasteiger partial charge < -0.3 is 14.4 Å². The largest absolute Gasteiger partial charge is 0.462 e. The van der Waals surface area contributed by atoms with E-state index in [1.54, 1.807) is 0 Å². The lowest BCUT2D eigenvalue weighted by Gasteiger charge is -2.28. The molecule has 0 radical (unpaired) electrons. The van der Waals surface area contributed by atoms with Crippen molar-refractivity contribution in [3.63, 3.8) is 0 Å². The standard InChI is InChI=1S/C57H101NO4/c1-4-6-8-10-12-14-16-18-20-22-24-26-28-30-32-34-36-38-40-42-54(43-41-39-37-35-33-31-29-27-25-23-21-19-17-15-13-11-9-7-5-2)61-56(59)51-52-44-45-55(50-52)62-57(60)53-46-48-58(3)49-47-53/h18-21,24-27,52-55H,4-17,22-23,28-51H2,1-3H3/b20-18-,21-19-,26-24-,27-25-. The fourth-order valence-corrected chi connectivity index (χ4v) is 9.34. The Labute approximate surface area is 385 Å². The molecule has 358 valence electrons. The van der Waals surface area contributed by atoms with Crippen molar-refractivity contribution in [3.05, 3.63) is 48.6 Å². The summed E-state index contributed by atoms with van der Waals surface area (Å²) in [5.74, 6) is 0.245. The van der Waals surface area contributed by atoms with Crippen LogP contribution >= 0.6 is 0 Å². The van der Waals surface area contributed by atoms with E-state index in [1.807, 2.05) is 0 Å². The van der Waals surface area contributed by atoms with Gasteiger partial charge in [-0.25, -0.2) is 0 Å². The van der Waals surface area contributed by atoms with Crippen LogP contribution in [0.3, 0.4) is 0 Å². The van der Waals surface area contributed by atoms with Crippen LogP contribution in [0.5, 0.6) is 0 Å². The summed E-state index contributed by atoms with van der Waals surface area (Å²) in [6.45, 7) is 6.49. The van der Waals surface area contributed by atoms with Gasteiger partial charge in [-0.15, -0.1) is 0 Å². The summed E-state index contributed by atoms with van der Waals surface area (Å²) in [5.41, 5.74) is 0. The highest BCUT2D eigenvalue weighted by Crippen LogP contribution is 2.32. The third-order valence-electron chi connectivity index (χ3n) is 13.5. The molecule has 1 saturated carbocycles. The number of likely N-dealkylation sites (tertiary alicyclic amines) is 1. The number of ether oxygens (including phenoxy) is 2. The number of piperidine rings is 1. The van der Waals surface area contributed by atoms with Gasteiger partial charge in [0.2, 0.25) is 0 Å². The molecule has 2 aliphatic rings. The van der Waals surface area contributed by atoms with Gasteiger partial charge in [-0.2, -0.15) is 0 Å². The average Bonchev–Trinajstić information content (AvgIpc) is 3.71. The molecule has 0 aromatic heterocycles. The molecule has 1 aliphatic heterocycles. The Morgan fingerprint density at radius 3 is 1.35 bits per heavy atom. The van der Waals surface area contributed by atoms with E-state index in [0.717, 1.165) is 83.7 Å². The molecular weight excluding hydrogens is 763 g/mol. The van der Waals surface area contributed by atoms with Crippen LogP contribution < -0.4 is 0 Å². The third-order valence-corrected chi connectivity index (χ3v) is 13.5. The zero-order valence-electron chi connectivity index (χ0n) is 41.3. The number of nitrogens with zero attached hydrogens (tertiary/aromatic N) is 1. The highest BCUT2D eigenvalue weighted by molar-refractivity contribution is 5.73. The molecule has 5 heteroatoms. The topological polar surface area (TPSA) is 55.8 Å². The van der Waals surface area contributed by atoms with Gasteiger partial charge in [0, 0.05) is 6.42 Å². The summed E-state index contributed by atoms with van der Waals surface area (Å²) >= 11 is 0. The normalized spacial score (nSPS) is 17.9. The van der Waals surface area contributed by atoms with Crippen molar-refractivity contribution in [3.8, 4) is 0 Å². The van der Waals surface area contributed by atoms with E-state index in [1.165, 1.54) is 167 Å². The van der Waals surface area contributed by atoms with E-state index in [4.69, 9.17) is 9.47 Å². The second-order valence-electron chi connectivity index (χ2n) is 19.5. The second kappa shape index (κ2) is 41.6. The van der Waals surface area contributed by atoms with Crippen molar-refractivity contribution >= 4 is 11.9 Å². The van der Waals surface area contributed by atoms with Gasteiger partial charge in [0.1, 0.15) is 12.2 Å². The Morgan fingerprint density at radius 2 is 0.919 bits per heavy atom. The lowest BCUT2D eigenvalue weighted by molar-refractivity contribution is -0.155. The Kier molecular flexibility index (Phi) is 37.5. The Hall–Kier alpha value is -2.14. The molecule has 0 aromatic carbocycles. The lowest BCUT2D eigenvalue weighted by atomic mass is 9.97. The predicted molar refractivity (Wildman–Crippen MR) is 268 cm³/mol. The van der Waals surface area contributed by atoms with Crippen molar-refractivity contribution in [1.82, 2.24) is 4.90 Å². The monoisotopic (exact) mass is 864 g/mol. The first-order chi connectivity index (χ1) is 30.5. The highest BCUT2D eigenvalue weighted by Gasteiger charge is 2.33. The average molecular weight is 864 g/mol. The quantitative estimate of drug-likeness (QED) is 0.0348. The molecule has 0 amide bonds. The van der Waals surface area contributed by atoms with Crippen LogP contribution in [0.4, 0.5) is 0 Å². The maximum atomic E-state index is 13.3. The molecule has 0 aromatic rings. The van der Waals surface area contributed by atoms with Crippen molar-refractivity contribution in [2.45, 2.75) is 270 Å². The van der Waals surface area contributed by atoms with Crippen LogP contribution in [0, 0.1) is 11.8 Å². The summed E-state index contributed by atoms with van der Waals surface area (Å²) in [5, 5.41) is 0. The van der Waals surface area contributed by atoms with E-state index in [0.29, 0.717) is 6.42 Å². The van der Waals surface area contributed by atoms with E-state index >= 15 is 0 Å². The maximum Gasteiger partial charge on any atom is 0.309 e. The van der Waals surface area contributed by atoms with E-state index in [9.17, 15) is 9.59 Å². The number of rotatable bonds is 41.